The number of amides is 2. The van der Waals surface area contributed by atoms with Crippen LogP contribution in [-0.2, 0) is 19.4 Å². The lowest BCUT2D eigenvalue weighted by Crippen LogP contribution is -2.39. The van der Waals surface area contributed by atoms with Crippen molar-refractivity contribution in [1.29, 1.82) is 0 Å². The summed E-state index contributed by atoms with van der Waals surface area (Å²) in [7, 11) is 0. The fraction of sp³-hybridized carbons (Fsp3) is 0.462. The number of aryl methyl sites for hydroxylation is 1. The summed E-state index contributed by atoms with van der Waals surface area (Å²) in [5, 5.41) is 0. The second-order valence-corrected chi connectivity index (χ2v) is 4.36. The molecule has 2 rings (SSSR count). The maximum absolute atomic E-state index is 11.1. The first kappa shape index (κ1) is 11.0. The third kappa shape index (κ3) is 2.18. The Labute approximate surface area is 96.2 Å². The van der Waals surface area contributed by atoms with Crippen molar-refractivity contribution in [3.05, 3.63) is 34.9 Å². The van der Waals surface area contributed by atoms with E-state index in [-0.39, 0.29) is 6.03 Å². The van der Waals surface area contributed by atoms with E-state index < -0.39 is 0 Å². The minimum Gasteiger partial charge on any atom is -0.351 e. The molecular formula is C13H18N2O. The van der Waals surface area contributed by atoms with E-state index in [1.165, 1.54) is 16.7 Å². The van der Waals surface area contributed by atoms with Crippen LogP contribution in [0.4, 0.5) is 4.79 Å². The highest BCUT2D eigenvalue weighted by Crippen LogP contribution is 2.20. The van der Waals surface area contributed by atoms with Gasteiger partial charge in [0, 0.05) is 13.1 Å². The zero-order valence-electron chi connectivity index (χ0n) is 9.70. The lowest BCUT2D eigenvalue weighted by atomic mass is 9.96. The van der Waals surface area contributed by atoms with Crippen LogP contribution in [0.2, 0.25) is 0 Å². The molecule has 1 aliphatic heterocycles. The molecule has 0 atom stereocenters. The quantitative estimate of drug-likeness (QED) is 0.811. The predicted molar refractivity (Wildman–Crippen MR) is 64.1 cm³/mol. The average molecular weight is 218 g/mol. The molecule has 1 heterocycles. The van der Waals surface area contributed by atoms with E-state index in [9.17, 15) is 4.79 Å². The highest BCUT2D eigenvalue weighted by atomic mass is 16.2. The molecule has 1 aromatic rings. The summed E-state index contributed by atoms with van der Waals surface area (Å²) in [6.45, 7) is 3.59. The first-order valence-electron chi connectivity index (χ1n) is 5.85. The number of primary amides is 1. The highest BCUT2D eigenvalue weighted by Gasteiger charge is 2.18. The molecule has 3 heteroatoms. The van der Waals surface area contributed by atoms with Gasteiger partial charge in [-0.15, -0.1) is 0 Å². The van der Waals surface area contributed by atoms with Crippen LogP contribution in [0.5, 0.6) is 0 Å². The van der Waals surface area contributed by atoms with Crippen LogP contribution in [0.25, 0.3) is 0 Å². The Morgan fingerprint density at radius 2 is 2.25 bits per heavy atom. The lowest BCUT2D eigenvalue weighted by Gasteiger charge is -2.27. The van der Waals surface area contributed by atoms with Crippen molar-refractivity contribution in [3.8, 4) is 0 Å². The van der Waals surface area contributed by atoms with Gasteiger partial charge in [0.1, 0.15) is 0 Å². The Morgan fingerprint density at radius 3 is 2.94 bits per heavy atom. The van der Waals surface area contributed by atoms with E-state index in [0.29, 0.717) is 6.54 Å². The number of carbonyl (C=O) groups excluding carboxylic acids is 1. The molecule has 0 saturated carbocycles. The van der Waals surface area contributed by atoms with Crippen LogP contribution >= 0.6 is 0 Å². The Balaban J connectivity index is 2.21. The van der Waals surface area contributed by atoms with Gasteiger partial charge in [-0.1, -0.05) is 31.5 Å². The summed E-state index contributed by atoms with van der Waals surface area (Å²) in [5.41, 5.74) is 9.28. The monoisotopic (exact) mass is 218 g/mol. The smallest absolute Gasteiger partial charge is 0.315 e. The van der Waals surface area contributed by atoms with Gasteiger partial charge in [0.05, 0.1) is 0 Å². The number of urea groups is 1. The minimum absolute atomic E-state index is 0.313. The molecule has 1 aromatic carbocycles. The fourth-order valence-electron chi connectivity index (χ4n) is 2.24. The van der Waals surface area contributed by atoms with Gasteiger partial charge >= 0.3 is 6.03 Å². The molecule has 0 fully saturated rings. The van der Waals surface area contributed by atoms with E-state index in [1.807, 2.05) is 0 Å². The number of hydrogen-bond acceptors (Lipinski definition) is 1. The third-order valence-electron chi connectivity index (χ3n) is 3.13. The van der Waals surface area contributed by atoms with E-state index in [0.717, 1.165) is 25.8 Å². The molecule has 3 nitrogen and oxygen atoms in total. The average Bonchev–Trinajstić information content (AvgIpc) is 2.28. The molecule has 0 saturated heterocycles. The van der Waals surface area contributed by atoms with Gasteiger partial charge in [0.15, 0.2) is 0 Å². The molecule has 0 bridgehead atoms. The largest absolute Gasteiger partial charge is 0.351 e. The number of rotatable bonds is 2. The molecule has 1 aliphatic rings. The number of hydrogen-bond donors (Lipinski definition) is 1. The van der Waals surface area contributed by atoms with E-state index >= 15 is 0 Å². The molecule has 0 radical (unpaired) electrons. The molecule has 0 unspecified atom stereocenters. The molecule has 86 valence electrons. The lowest BCUT2D eigenvalue weighted by molar-refractivity contribution is 0.202. The van der Waals surface area contributed by atoms with Crippen LogP contribution in [0.15, 0.2) is 18.2 Å². The Hall–Kier alpha value is -1.51. The number of benzene rings is 1. The van der Waals surface area contributed by atoms with Gasteiger partial charge in [0.25, 0.3) is 0 Å². The van der Waals surface area contributed by atoms with Crippen molar-refractivity contribution in [2.45, 2.75) is 32.7 Å². The predicted octanol–water partition coefficient (Wildman–Crippen LogP) is 2.08. The highest BCUT2D eigenvalue weighted by molar-refractivity contribution is 5.72. The number of fused-ring (bicyclic) bond motifs is 1. The maximum Gasteiger partial charge on any atom is 0.315 e. The molecule has 0 aliphatic carbocycles. The number of nitrogens with two attached hydrogens (primary N) is 1. The first-order valence-corrected chi connectivity index (χ1v) is 5.85. The number of nitrogens with zero attached hydrogens (tertiary/aromatic N) is 1. The summed E-state index contributed by atoms with van der Waals surface area (Å²) in [6.07, 6.45) is 3.17. The van der Waals surface area contributed by atoms with Gasteiger partial charge in [0.2, 0.25) is 0 Å². The summed E-state index contributed by atoms with van der Waals surface area (Å²) in [5.74, 6) is 0. The molecule has 0 aromatic heterocycles. The Bertz CT molecular complexity index is 401. The van der Waals surface area contributed by atoms with Gasteiger partial charge < -0.3 is 10.6 Å². The van der Waals surface area contributed by atoms with Gasteiger partial charge in [-0.25, -0.2) is 4.79 Å². The van der Waals surface area contributed by atoms with Crippen LogP contribution in [0.1, 0.15) is 30.0 Å². The first-order chi connectivity index (χ1) is 7.70. The van der Waals surface area contributed by atoms with Gasteiger partial charge in [-0.3, -0.25) is 0 Å². The topological polar surface area (TPSA) is 46.3 Å². The van der Waals surface area contributed by atoms with Crippen molar-refractivity contribution in [3.63, 3.8) is 0 Å². The minimum atomic E-state index is -0.313. The molecule has 0 spiro atoms. The third-order valence-corrected chi connectivity index (χ3v) is 3.13. The normalized spacial score (nSPS) is 14.7. The van der Waals surface area contributed by atoms with Crippen LogP contribution in [0, 0.1) is 0 Å². The summed E-state index contributed by atoms with van der Waals surface area (Å²) < 4.78 is 0. The van der Waals surface area contributed by atoms with Crippen molar-refractivity contribution >= 4 is 6.03 Å². The maximum atomic E-state index is 11.1. The standard InChI is InChI=1S/C13H18N2O/c1-2-3-10-4-5-11-6-7-15(13(14)16)9-12(11)8-10/h4-5,8H,2-3,6-7,9H2,1H3,(H2,14,16). The second-order valence-electron chi connectivity index (χ2n) is 4.36. The van der Waals surface area contributed by atoms with Crippen LogP contribution in [0.3, 0.4) is 0 Å². The van der Waals surface area contributed by atoms with E-state index in [2.05, 4.69) is 25.1 Å². The second kappa shape index (κ2) is 4.56. The molecule has 16 heavy (non-hydrogen) atoms. The van der Waals surface area contributed by atoms with E-state index in [4.69, 9.17) is 5.73 Å². The van der Waals surface area contributed by atoms with E-state index in [1.54, 1.807) is 4.90 Å². The summed E-state index contributed by atoms with van der Waals surface area (Å²) >= 11 is 0. The van der Waals surface area contributed by atoms with Crippen LogP contribution < -0.4 is 5.73 Å². The molecule has 2 N–H and O–H groups in total. The zero-order chi connectivity index (χ0) is 11.5. The van der Waals surface area contributed by atoms with Crippen molar-refractivity contribution < 1.29 is 4.79 Å². The van der Waals surface area contributed by atoms with Crippen molar-refractivity contribution in [2.75, 3.05) is 6.54 Å². The zero-order valence-corrected chi connectivity index (χ0v) is 9.70. The Morgan fingerprint density at radius 1 is 1.44 bits per heavy atom. The summed E-state index contributed by atoms with van der Waals surface area (Å²) in [4.78, 5) is 12.8. The van der Waals surface area contributed by atoms with Gasteiger partial charge in [-0.05, 0) is 29.5 Å². The SMILES string of the molecule is CCCc1ccc2c(c1)CN(C(N)=O)CC2. The Kier molecular flexibility index (Phi) is 3.13. The fourth-order valence-corrected chi connectivity index (χ4v) is 2.24. The molecule has 2 amide bonds. The number of carbonyl (C=O) groups is 1. The van der Waals surface area contributed by atoms with Crippen molar-refractivity contribution in [1.82, 2.24) is 4.90 Å². The summed E-state index contributed by atoms with van der Waals surface area (Å²) in [6, 6.07) is 6.29. The van der Waals surface area contributed by atoms with Crippen LogP contribution in [-0.4, -0.2) is 17.5 Å². The van der Waals surface area contributed by atoms with Crippen molar-refractivity contribution in [2.24, 2.45) is 5.73 Å². The van der Waals surface area contributed by atoms with Gasteiger partial charge in [-0.2, -0.15) is 0 Å². The molecular weight excluding hydrogens is 200 g/mol.